The Kier molecular flexibility index (Phi) is 4.94. The Morgan fingerprint density at radius 3 is 2.47 bits per heavy atom. The highest BCUT2D eigenvalue weighted by Crippen LogP contribution is 2.76. The topological polar surface area (TPSA) is 139 Å². The molecule has 4 saturated carbocycles. The number of benzene rings is 1. The van der Waals surface area contributed by atoms with Crippen LogP contribution in [-0.4, -0.2) is 61.2 Å². The zero-order chi connectivity index (χ0) is 29.8. The van der Waals surface area contributed by atoms with Crippen LogP contribution in [0.5, 0.6) is 5.75 Å². The molecule has 2 bridgehead atoms. The van der Waals surface area contributed by atoms with Gasteiger partial charge in [-0.2, -0.15) is 0 Å². The van der Waals surface area contributed by atoms with Crippen LogP contribution in [0.3, 0.4) is 0 Å². The van der Waals surface area contributed by atoms with Gasteiger partial charge in [0, 0.05) is 65.9 Å². The first kappa shape index (κ1) is 26.3. The van der Waals surface area contributed by atoms with Gasteiger partial charge in [0.2, 0.25) is 17.6 Å². The number of allylic oxidation sites excluding steroid dienone is 2. The Labute approximate surface area is 253 Å². The van der Waals surface area contributed by atoms with Crippen LogP contribution in [0.4, 0.5) is 5.69 Å². The zero-order valence-corrected chi connectivity index (χ0v) is 25.3. The smallest absolute Gasteiger partial charge is 0.391 e. The number of ketones is 1. The van der Waals surface area contributed by atoms with Crippen LogP contribution in [0.15, 0.2) is 30.2 Å². The van der Waals surface area contributed by atoms with Gasteiger partial charge in [-0.1, -0.05) is 0 Å². The second kappa shape index (κ2) is 8.10. The number of piperidine rings is 1. The summed E-state index contributed by atoms with van der Waals surface area (Å²) in [6, 6.07) is 1.70. The molecule has 3 atom stereocenters. The molecule has 222 valence electrons. The Balaban J connectivity index is 0.997. The van der Waals surface area contributed by atoms with Gasteiger partial charge in [-0.15, -0.1) is 11.6 Å². The zero-order valence-electron chi connectivity index (χ0n) is 23.7. The lowest BCUT2D eigenvalue weighted by Gasteiger charge is -2.69. The van der Waals surface area contributed by atoms with Crippen LogP contribution >= 0.6 is 20.2 Å². The number of hydrogen-bond acceptors (Lipinski definition) is 6. The van der Waals surface area contributed by atoms with E-state index >= 15 is 0 Å². The molecule has 4 N–H and O–H groups in total. The van der Waals surface area contributed by atoms with E-state index in [9.17, 15) is 24.2 Å². The van der Waals surface area contributed by atoms with E-state index in [2.05, 4.69) is 9.97 Å². The lowest BCUT2D eigenvalue weighted by Crippen LogP contribution is -2.72. The Morgan fingerprint density at radius 1 is 1.07 bits per heavy atom. The van der Waals surface area contributed by atoms with Crippen LogP contribution < -0.4 is 9.42 Å². The van der Waals surface area contributed by atoms with Crippen LogP contribution in [0.2, 0.25) is 0 Å². The van der Waals surface area contributed by atoms with Gasteiger partial charge < -0.3 is 34.1 Å². The number of nitrogens with zero attached hydrogens (tertiary/aromatic N) is 2. The third-order valence-corrected chi connectivity index (χ3v) is 12.1. The number of H-pyrrole nitrogens is 2. The molecule has 0 radical (unpaired) electrons. The number of hydrogen-bond donors (Lipinski definition) is 4. The highest BCUT2D eigenvalue weighted by molar-refractivity contribution is 7.39. The number of carbonyl (C=O) groups is 3. The first-order chi connectivity index (χ1) is 20.5. The highest BCUT2D eigenvalue weighted by atomic mass is 35.5. The summed E-state index contributed by atoms with van der Waals surface area (Å²) in [5.41, 5.74) is 5.44. The van der Waals surface area contributed by atoms with Crippen LogP contribution in [0.1, 0.15) is 64.3 Å². The molecular formula is C31H30ClN4O6P. The molecule has 5 aliphatic carbocycles. The fraction of sp³-hybridized carbons (Fsp3) is 0.452. The fourth-order valence-electron chi connectivity index (χ4n) is 9.55. The number of nitrogens with one attached hydrogen (secondary N) is 2. The first-order valence-electron chi connectivity index (χ1n) is 14.7. The van der Waals surface area contributed by atoms with E-state index in [0.29, 0.717) is 61.0 Å². The molecule has 3 unspecified atom stereocenters. The van der Waals surface area contributed by atoms with Crippen molar-refractivity contribution in [2.24, 2.45) is 16.7 Å². The standard InChI is InChI=1S/C31H30ClN4O6P/c1-14-7-34-26-20(42-43(40)41)3-18-23(22(14)26)16(6-32)9-35(18)27(38)29-11-30(12-29,13-29)28(39)36-10-17-5-31(17)21(36)4-19(37)25-24(31)15(2)8-33-25/h3-4,7-8,16-17,33-34,40-41H,5-6,9-13H2,1-2H3. The van der Waals surface area contributed by atoms with Gasteiger partial charge in [-0.25, -0.2) is 0 Å². The molecule has 1 saturated heterocycles. The first-order valence-corrected chi connectivity index (χ1v) is 16.4. The van der Waals surface area contributed by atoms with E-state index < -0.39 is 19.4 Å². The molecule has 1 spiro atoms. The molecule has 2 aliphatic heterocycles. The van der Waals surface area contributed by atoms with Crippen molar-refractivity contribution in [3.05, 3.63) is 58.2 Å². The molecule has 2 amide bonds. The van der Waals surface area contributed by atoms with Crippen molar-refractivity contribution in [1.29, 1.82) is 0 Å². The predicted molar refractivity (Wildman–Crippen MR) is 159 cm³/mol. The van der Waals surface area contributed by atoms with Crippen LogP contribution in [0, 0.1) is 30.6 Å². The molecule has 12 heteroatoms. The third-order valence-electron chi connectivity index (χ3n) is 11.3. The van der Waals surface area contributed by atoms with E-state index in [4.69, 9.17) is 16.1 Å². The summed E-state index contributed by atoms with van der Waals surface area (Å²) in [5, 5.41) is 0.882. The van der Waals surface area contributed by atoms with E-state index in [-0.39, 0.29) is 34.7 Å². The average Bonchev–Trinajstić information content (AvgIpc) is 3.29. The minimum absolute atomic E-state index is 0.0230. The van der Waals surface area contributed by atoms with Gasteiger partial charge in [0.05, 0.1) is 27.7 Å². The normalized spacial score (nSPS) is 32.6. The van der Waals surface area contributed by atoms with Crippen molar-refractivity contribution in [2.45, 2.75) is 50.9 Å². The van der Waals surface area contributed by atoms with Crippen molar-refractivity contribution in [1.82, 2.24) is 14.9 Å². The number of aryl methyl sites for hydroxylation is 2. The molecule has 5 fully saturated rings. The Morgan fingerprint density at radius 2 is 1.77 bits per heavy atom. The summed E-state index contributed by atoms with van der Waals surface area (Å²) in [5.74, 6) is 0.772. The van der Waals surface area contributed by atoms with Crippen molar-refractivity contribution < 1.29 is 28.7 Å². The van der Waals surface area contributed by atoms with Crippen molar-refractivity contribution in [3.8, 4) is 5.75 Å². The molecule has 10 rings (SSSR count). The number of alkyl halides is 1. The van der Waals surface area contributed by atoms with Crippen molar-refractivity contribution in [3.63, 3.8) is 0 Å². The number of anilines is 1. The SMILES string of the molecule is Cc1c[nH]c2c1C13CC1CN(C(=O)C14CC(C(=O)N5CC(CCl)c6c5cc(OP(O)O)c5[nH]cc(C)c65)(C1)C4)C3=CC2=O. The van der Waals surface area contributed by atoms with Crippen LogP contribution in [0.25, 0.3) is 10.9 Å². The predicted octanol–water partition coefficient (Wildman–Crippen LogP) is 4.42. The lowest BCUT2D eigenvalue weighted by molar-refractivity contribution is -0.212. The minimum atomic E-state index is -2.66. The number of aromatic amines is 2. The Bertz CT molecular complexity index is 1860. The van der Waals surface area contributed by atoms with E-state index in [0.717, 1.165) is 39.8 Å². The maximum absolute atomic E-state index is 14.2. The summed E-state index contributed by atoms with van der Waals surface area (Å²) in [7, 11) is -2.66. The monoisotopic (exact) mass is 620 g/mol. The van der Waals surface area contributed by atoms with Gasteiger partial charge in [-0.3, -0.25) is 14.4 Å². The van der Waals surface area contributed by atoms with Gasteiger partial charge >= 0.3 is 8.60 Å². The van der Waals surface area contributed by atoms with E-state index in [1.54, 1.807) is 17.0 Å². The number of fused-ring (bicyclic) bond motifs is 4. The Hall–Kier alpha value is -3.17. The summed E-state index contributed by atoms with van der Waals surface area (Å²) in [6.45, 7) is 5.01. The van der Waals surface area contributed by atoms with Gasteiger partial charge in [0.1, 0.15) is 0 Å². The molecule has 1 aromatic carbocycles. The van der Waals surface area contributed by atoms with E-state index in [1.807, 2.05) is 31.1 Å². The molecule has 10 nitrogen and oxygen atoms in total. The summed E-state index contributed by atoms with van der Waals surface area (Å²) >= 11 is 6.44. The largest absolute Gasteiger partial charge is 0.425 e. The number of halogens is 1. The van der Waals surface area contributed by atoms with Crippen molar-refractivity contribution in [2.75, 3.05) is 23.9 Å². The molecule has 3 aromatic rings. The number of rotatable bonds is 5. The highest BCUT2D eigenvalue weighted by Gasteiger charge is 2.78. The molecule has 4 heterocycles. The number of amides is 2. The van der Waals surface area contributed by atoms with Gasteiger partial charge in [0.15, 0.2) is 5.75 Å². The third kappa shape index (κ3) is 3.03. The molecule has 7 aliphatic rings. The second-order valence-corrected chi connectivity index (χ2v) is 14.6. The van der Waals surface area contributed by atoms with Crippen molar-refractivity contribution >= 4 is 54.4 Å². The molecule has 43 heavy (non-hydrogen) atoms. The summed E-state index contributed by atoms with van der Waals surface area (Å²) in [4.78, 5) is 70.5. The lowest BCUT2D eigenvalue weighted by atomic mass is 9.34. The van der Waals surface area contributed by atoms with Crippen LogP contribution in [-0.2, 0) is 15.0 Å². The minimum Gasteiger partial charge on any atom is -0.425 e. The average molecular weight is 621 g/mol. The summed E-state index contributed by atoms with van der Waals surface area (Å²) < 4.78 is 5.38. The van der Waals surface area contributed by atoms with Gasteiger partial charge in [-0.05, 0) is 67.7 Å². The fourth-order valence-corrected chi connectivity index (χ4v) is 10.1. The number of aromatic nitrogens is 2. The molecule has 2 aromatic heterocycles. The van der Waals surface area contributed by atoms with Gasteiger partial charge in [0.25, 0.3) is 0 Å². The maximum atomic E-state index is 14.2. The maximum Gasteiger partial charge on any atom is 0.391 e. The van der Waals surface area contributed by atoms with E-state index in [1.165, 1.54) is 0 Å². The molecular weight excluding hydrogens is 591 g/mol. The number of likely N-dealkylation sites (tertiary alicyclic amines) is 1. The number of carbonyl (C=O) groups excluding carboxylic acids is 3. The second-order valence-electron chi connectivity index (χ2n) is 13.6. The quantitative estimate of drug-likeness (QED) is 0.246. The summed E-state index contributed by atoms with van der Waals surface area (Å²) in [6.07, 6.45) is 7.82.